The first-order chi connectivity index (χ1) is 9.58. The largest absolute Gasteiger partial charge is 0.314 e. The summed E-state index contributed by atoms with van der Waals surface area (Å²) in [5, 5.41) is 3.57. The van der Waals surface area contributed by atoms with E-state index in [1.165, 1.54) is 0 Å². The van der Waals surface area contributed by atoms with Gasteiger partial charge in [-0.15, -0.1) is 0 Å². The summed E-state index contributed by atoms with van der Waals surface area (Å²) in [5.41, 5.74) is 1.05. The Morgan fingerprint density at radius 1 is 1.25 bits per heavy atom. The van der Waals surface area contributed by atoms with E-state index in [-0.39, 0.29) is 10.8 Å². The maximum absolute atomic E-state index is 13.7. The van der Waals surface area contributed by atoms with Gasteiger partial charge < -0.3 is 5.32 Å². The molecule has 2 rings (SSSR count). The zero-order valence-electron chi connectivity index (χ0n) is 12.3. The van der Waals surface area contributed by atoms with Crippen LogP contribution in [0.5, 0.6) is 0 Å². The van der Waals surface area contributed by atoms with Gasteiger partial charge in [-0.2, -0.15) is 0 Å². The van der Waals surface area contributed by atoms with E-state index in [4.69, 9.17) is 11.6 Å². The van der Waals surface area contributed by atoms with E-state index in [9.17, 15) is 4.39 Å². The van der Waals surface area contributed by atoms with E-state index in [0.717, 1.165) is 44.6 Å². The van der Waals surface area contributed by atoms with E-state index in [2.05, 4.69) is 24.1 Å². The van der Waals surface area contributed by atoms with Crippen LogP contribution in [-0.2, 0) is 0 Å². The summed E-state index contributed by atoms with van der Waals surface area (Å²) in [4.78, 5) is 2.46. The van der Waals surface area contributed by atoms with Crippen molar-refractivity contribution in [2.45, 2.75) is 32.7 Å². The number of benzene rings is 1. The number of nitrogens with one attached hydrogen (secondary N) is 1. The normalized spacial score (nSPS) is 18.4. The van der Waals surface area contributed by atoms with Gasteiger partial charge in [-0.25, -0.2) is 4.39 Å². The molecule has 1 aromatic rings. The molecule has 0 unspecified atom stereocenters. The van der Waals surface area contributed by atoms with Crippen molar-refractivity contribution in [2.24, 2.45) is 5.92 Å². The molecule has 1 aliphatic rings. The number of rotatable bonds is 5. The zero-order valence-corrected chi connectivity index (χ0v) is 13.1. The monoisotopic (exact) mass is 298 g/mol. The fraction of sp³-hybridized carbons (Fsp3) is 0.625. The molecule has 1 heterocycles. The summed E-state index contributed by atoms with van der Waals surface area (Å²) < 4.78 is 13.7. The Labute approximate surface area is 126 Å². The molecular weight excluding hydrogens is 275 g/mol. The standard InChI is InChI=1S/C16H24ClFN2/c1-12(2)3-6-16(20-9-7-19-8-10-20)13-4-5-14(17)15(18)11-13/h4-5,11-12,16,19H,3,6-10H2,1-2H3/t16-/m1/s1. The molecule has 1 N–H and O–H groups in total. The van der Waals surface area contributed by atoms with Crippen LogP contribution in [0.1, 0.15) is 38.3 Å². The van der Waals surface area contributed by atoms with Crippen LogP contribution in [0.3, 0.4) is 0 Å². The second kappa shape index (κ2) is 7.39. The zero-order chi connectivity index (χ0) is 14.5. The minimum absolute atomic E-state index is 0.205. The van der Waals surface area contributed by atoms with Crippen molar-refractivity contribution in [1.82, 2.24) is 10.2 Å². The third kappa shape index (κ3) is 4.18. The number of nitrogens with zero attached hydrogens (tertiary/aromatic N) is 1. The lowest BCUT2D eigenvalue weighted by Crippen LogP contribution is -2.45. The molecule has 112 valence electrons. The average molecular weight is 299 g/mol. The van der Waals surface area contributed by atoms with Gasteiger partial charge in [0.1, 0.15) is 5.82 Å². The summed E-state index contributed by atoms with van der Waals surface area (Å²) >= 11 is 5.80. The Morgan fingerprint density at radius 2 is 1.95 bits per heavy atom. The van der Waals surface area contributed by atoms with Gasteiger partial charge in [0.25, 0.3) is 0 Å². The van der Waals surface area contributed by atoms with E-state index >= 15 is 0 Å². The molecule has 0 aromatic heterocycles. The van der Waals surface area contributed by atoms with Gasteiger partial charge in [0.05, 0.1) is 5.02 Å². The van der Waals surface area contributed by atoms with Gasteiger partial charge in [0.15, 0.2) is 0 Å². The van der Waals surface area contributed by atoms with Gasteiger partial charge in [-0.3, -0.25) is 4.90 Å². The van der Waals surface area contributed by atoms with E-state index in [0.29, 0.717) is 12.0 Å². The highest BCUT2D eigenvalue weighted by molar-refractivity contribution is 6.30. The van der Waals surface area contributed by atoms with Crippen molar-refractivity contribution in [3.8, 4) is 0 Å². The summed E-state index contributed by atoms with van der Waals surface area (Å²) in [6, 6.07) is 5.55. The van der Waals surface area contributed by atoms with Crippen molar-refractivity contribution < 1.29 is 4.39 Å². The quantitative estimate of drug-likeness (QED) is 0.888. The lowest BCUT2D eigenvalue weighted by Gasteiger charge is -2.35. The van der Waals surface area contributed by atoms with Crippen molar-refractivity contribution in [2.75, 3.05) is 26.2 Å². The predicted octanol–water partition coefficient (Wildman–Crippen LogP) is 3.86. The van der Waals surface area contributed by atoms with Gasteiger partial charge >= 0.3 is 0 Å². The van der Waals surface area contributed by atoms with Crippen molar-refractivity contribution in [3.05, 3.63) is 34.6 Å². The second-order valence-corrected chi connectivity index (χ2v) is 6.35. The minimum atomic E-state index is -0.311. The molecule has 1 aliphatic heterocycles. The molecular formula is C16H24ClFN2. The van der Waals surface area contributed by atoms with Gasteiger partial charge in [0, 0.05) is 32.2 Å². The van der Waals surface area contributed by atoms with Crippen LogP contribution in [-0.4, -0.2) is 31.1 Å². The molecule has 0 amide bonds. The number of hydrogen-bond donors (Lipinski definition) is 1. The van der Waals surface area contributed by atoms with Gasteiger partial charge in [0.2, 0.25) is 0 Å². The van der Waals surface area contributed by atoms with Crippen molar-refractivity contribution in [1.29, 1.82) is 0 Å². The van der Waals surface area contributed by atoms with Crippen LogP contribution in [0.2, 0.25) is 5.02 Å². The Bertz CT molecular complexity index is 430. The fourth-order valence-corrected chi connectivity index (χ4v) is 2.88. The Kier molecular flexibility index (Phi) is 5.82. The highest BCUT2D eigenvalue weighted by Crippen LogP contribution is 2.29. The number of halogens is 2. The van der Waals surface area contributed by atoms with E-state index < -0.39 is 0 Å². The molecule has 1 fully saturated rings. The predicted molar refractivity (Wildman–Crippen MR) is 82.7 cm³/mol. The smallest absolute Gasteiger partial charge is 0.142 e. The Morgan fingerprint density at radius 3 is 2.55 bits per heavy atom. The first-order valence-electron chi connectivity index (χ1n) is 7.47. The third-order valence-corrected chi connectivity index (χ3v) is 4.24. The fourth-order valence-electron chi connectivity index (χ4n) is 2.76. The first kappa shape index (κ1) is 15.7. The SMILES string of the molecule is CC(C)CC[C@H](c1ccc(Cl)c(F)c1)N1CCNCC1. The molecule has 4 heteroatoms. The summed E-state index contributed by atoms with van der Waals surface area (Å²) in [5.74, 6) is 0.353. The maximum atomic E-state index is 13.7. The summed E-state index contributed by atoms with van der Waals surface area (Å²) in [7, 11) is 0. The van der Waals surface area contributed by atoms with E-state index in [1.54, 1.807) is 12.1 Å². The molecule has 0 bridgehead atoms. The lowest BCUT2D eigenvalue weighted by atomic mass is 9.95. The maximum Gasteiger partial charge on any atom is 0.142 e. The first-order valence-corrected chi connectivity index (χ1v) is 7.85. The molecule has 2 nitrogen and oxygen atoms in total. The van der Waals surface area contributed by atoms with Crippen LogP contribution in [0.25, 0.3) is 0 Å². The minimum Gasteiger partial charge on any atom is -0.314 e. The molecule has 0 aliphatic carbocycles. The van der Waals surface area contributed by atoms with Crippen molar-refractivity contribution in [3.63, 3.8) is 0 Å². The van der Waals surface area contributed by atoms with Crippen LogP contribution in [0.15, 0.2) is 18.2 Å². The lowest BCUT2D eigenvalue weighted by molar-refractivity contribution is 0.159. The molecule has 0 radical (unpaired) electrons. The van der Waals surface area contributed by atoms with Crippen LogP contribution in [0.4, 0.5) is 4.39 Å². The topological polar surface area (TPSA) is 15.3 Å². The van der Waals surface area contributed by atoms with Gasteiger partial charge in [-0.1, -0.05) is 31.5 Å². The number of hydrogen-bond acceptors (Lipinski definition) is 2. The Balaban J connectivity index is 2.17. The number of piperazine rings is 1. The summed E-state index contributed by atoms with van der Waals surface area (Å²) in [6.07, 6.45) is 2.22. The molecule has 0 spiro atoms. The Hall–Kier alpha value is -0.640. The second-order valence-electron chi connectivity index (χ2n) is 5.95. The third-order valence-electron chi connectivity index (χ3n) is 3.94. The van der Waals surface area contributed by atoms with Crippen molar-refractivity contribution >= 4 is 11.6 Å². The molecule has 0 saturated carbocycles. The molecule has 20 heavy (non-hydrogen) atoms. The molecule has 1 aromatic carbocycles. The summed E-state index contributed by atoms with van der Waals surface area (Å²) in [6.45, 7) is 8.52. The van der Waals surface area contributed by atoms with E-state index in [1.807, 2.05) is 6.07 Å². The van der Waals surface area contributed by atoms with Crippen LogP contribution < -0.4 is 5.32 Å². The molecule has 1 saturated heterocycles. The molecule has 1 atom stereocenters. The van der Waals surface area contributed by atoms with Crippen LogP contribution >= 0.6 is 11.6 Å². The highest BCUT2D eigenvalue weighted by Gasteiger charge is 2.22. The average Bonchev–Trinajstić information content (AvgIpc) is 2.44. The highest BCUT2D eigenvalue weighted by atomic mass is 35.5. The van der Waals surface area contributed by atoms with Crippen LogP contribution in [0, 0.1) is 11.7 Å². The van der Waals surface area contributed by atoms with Gasteiger partial charge in [-0.05, 0) is 36.5 Å².